The van der Waals surface area contributed by atoms with Crippen molar-refractivity contribution in [1.29, 1.82) is 0 Å². The van der Waals surface area contributed by atoms with Crippen LogP contribution in [0.15, 0.2) is 6.33 Å². The number of rotatable bonds is 8. The normalized spacial score (nSPS) is 21.3. The Balaban J connectivity index is 1.85. The molecule has 1 aliphatic heterocycles. The highest BCUT2D eigenvalue weighted by atomic mass is 127. The summed E-state index contributed by atoms with van der Waals surface area (Å²) in [5.41, 5.74) is 3.88. The maximum absolute atomic E-state index is 11.5. The number of carbonyl (C=O) groups is 2. The van der Waals surface area contributed by atoms with Crippen LogP contribution in [0, 0.1) is 3.83 Å². The van der Waals surface area contributed by atoms with Gasteiger partial charge < -0.3 is 14.2 Å². The first kappa shape index (κ1) is 21.6. The van der Waals surface area contributed by atoms with Crippen LogP contribution in [-0.2, 0) is 28.6 Å². The minimum atomic E-state index is -0.586. The van der Waals surface area contributed by atoms with Crippen LogP contribution in [0.25, 0.3) is 11.2 Å². The first-order valence-corrected chi connectivity index (χ1v) is 10.2. The van der Waals surface area contributed by atoms with Gasteiger partial charge in [-0.05, 0) is 6.42 Å². The highest BCUT2D eigenvalue weighted by molar-refractivity contribution is 14.1. The van der Waals surface area contributed by atoms with Gasteiger partial charge in [0, 0.05) is 42.9 Å². The number of hydrogen-bond acceptors (Lipinski definition) is 10. The Morgan fingerprint density at radius 1 is 1.34 bits per heavy atom. The molecule has 0 aromatic carbocycles. The number of halogens is 1. The number of hydrogen-bond donors (Lipinski definition) is 1. The van der Waals surface area contributed by atoms with Crippen LogP contribution in [0.3, 0.4) is 0 Å². The average Bonchev–Trinajstić information content (AvgIpc) is 3.23. The van der Waals surface area contributed by atoms with Crippen molar-refractivity contribution in [1.82, 2.24) is 19.5 Å². The summed E-state index contributed by atoms with van der Waals surface area (Å²) < 4.78 is 18.7. The Morgan fingerprint density at radius 2 is 2.14 bits per heavy atom. The lowest BCUT2D eigenvalue weighted by Gasteiger charge is -2.17. The van der Waals surface area contributed by atoms with Crippen LogP contribution in [0.1, 0.15) is 39.8 Å². The molecule has 0 aliphatic carbocycles. The van der Waals surface area contributed by atoms with E-state index in [0.29, 0.717) is 33.8 Å². The van der Waals surface area contributed by atoms with Crippen LogP contribution in [-0.4, -0.2) is 56.9 Å². The second kappa shape index (κ2) is 9.63. The lowest BCUT2D eigenvalue weighted by atomic mass is 10.2. The molecule has 2 aromatic heterocycles. The van der Waals surface area contributed by atoms with Crippen molar-refractivity contribution in [2.75, 3.05) is 18.7 Å². The summed E-state index contributed by atoms with van der Waals surface area (Å²) in [5, 5.41) is 0. The van der Waals surface area contributed by atoms with E-state index in [0.717, 1.165) is 6.42 Å². The van der Waals surface area contributed by atoms with Gasteiger partial charge in [0.05, 0.1) is 12.9 Å². The van der Waals surface area contributed by atoms with Crippen molar-refractivity contribution >= 4 is 51.5 Å². The van der Waals surface area contributed by atoms with Crippen LogP contribution < -0.4 is 5.48 Å². The molecule has 1 aliphatic rings. The molecular formula is C17H22IN5O6. The third-order valence-electron chi connectivity index (χ3n) is 4.13. The molecule has 1 saturated heterocycles. The lowest BCUT2D eigenvalue weighted by molar-refractivity contribution is -0.155. The van der Waals surface area contributed by atoms with Crippen LogP contribution in [0.5, 0.6) is 0 Å². The predicted molar refractivity (Wildman–Crippen MR) is 109 cm³/mol. The maximum Gasteiger partial charge on any atom is 0.303 e. The first-order valence-electron chi connectivity index (χ1n) is 9.13. The minimum absolute atomic E-state index is 0.0133. The van der Waals surface area contributed by atoms with Gasteiger partial charge in [0.15, 0.2) is 20.8 Å². The minimum Gasteiger partial charge on any atom is -0.463 e. The van der Waals surface area contributed by atoms with E-state index in [1.165, 1.54) is 13.8 Å². The molecule has 2 aromatic rings. The zero-order valence-electron chi connectivity index (χ0n) is 16.3. The molecule has 1 N–H and O–H groups in total. The Morgan fingerprint density at radius 3 is 2.83 bits per heavy atom. The zero-order valence-corrected chi connectivity index (χ0v) is 18.4. The smallest absolute Gasteiger partial charge is 0.303 e. The van der Waals surface area contributed by atoms with Gasteiger partial charge >= 0.3 is 11.9 Å². The second-order valence-corrected chi connectivity index (χ2v) is 7.40. The van der Waals surface area contributed by atoms with Crippen LogP contribution >= 0.6 is 22.6 Å². The highest BCUT2D eigenvalue weighted by Gasteiger charge is 2.40. The number of esters is 2. The monoisotopic (exact) mass is 519 g/mol. The fraction of sp³-hybridized carbons (Fsp3) is 0.588. The molecule has 0 amide bonds. The van der Waals surface area contributed by atoms with E-state index in [1.54, 1.807) is 10.9 Å². The summed E-state index contributed by atoms with van der Waals surface area (Å²) in [5.74, 6) is -0.409. The average molecular weight is 519 g/mol. The van der Waals surface area contributed by atoms with Crippen molar-refractivity contribution in [3.8, 4) is 0 Å². The van der Waals surface area contributed by atoms with Gasteiger partial charge in [-0.3, -0.25) is 19.0 Å². The molecule has 12 heteroatoms. The summed E-state index contributed by atoms with van der Waals surface area (Å²) in [4.78, 5) is 41.2. The van der Waals surface area contributed by atoms with Crippen LogP contribution in [0.2, 0.25) is 0 Å². The third kappa shape index (κ3) is 5.30. The number of anilines is 1. The number of fused-ring (bicyclic) bond motifs is 1. The van der Waals surface area contributed by atoms with Gasteiger partial charge in [-0.1, -0.05) is 6.92 Å². The van der Waals surface area contributed by atoms with Gasteiger partial charge in [-0.15, -0.1) is 0 Å². The fourth-order valence-electron chi connectivity index (χ4n) is 2.95. The van der Waals surface area contributed by atoms with E-state index in [1.807, 2.05) is 29.5 Å². The molecule has 158 valence electrons. The number of ether oxygens (including phenoxy) is 3. The van der Waals surface area contributed by atoms with E-state index < -0.39 is 30.4 Å². The van der Waals surface area contributed by atoms with Crippen molar-refractivity contribution in [2.24, 2.45) is 0 Å². The van der Waals surface area contributed by atoms with E-state index in [9.17, 15) is 9.59 Å². The molecule has 11 nitrogen and oxygen atoms in total. The zero-order chi connectivity index (χ0) is 21.0. The Bertz CT molecular complexity index is 891. The summed E-state index contributed by atoms with van der Waals surface area (Å²) in [6.07, 6.45) is 1.16. The molecule has 0 unspecified atom stereocenters. The summed E-state index contributed by atoms with van der Waals surface area (Å²) in [6.45, 7) is 5.15. The number of aromatic nitrogens is 4. The Labute approximate surface area is 180 Å². The third-order valence-corrected chi connectivity index (χ3v) is 4.61. The quantitative estimate of drug-likeness (QED) is 0.182. The Kier molecular flexibility index (Phi) is 7.18. The molecule has 3 rings (SSSR count). The molecule has 0 saturated carbocycles. The van der Waals surface area contributed by atoms with Crippen LogP contribution in [0.4, 0.5) is 5.82 Å². The second-order valence-electron chi connectivity index (χ2n) is 6.43. The molecule has 3 atom stereocenters. The lowest BCUT2D eigenvalue weighted by Crippen LogP contribution is -2.31. The van der Waals surface area contributed by atoms with Gasteiger partial charge in [0.25, 0.3) is 0 Å². The molecule has 0 radical (unpaired) electrons. The Hall–Kier alpha value is -2.06. The predicted octanol–water partition coefficient (Wildman–Crippen LogP) is 1.97. The fourth-order valence-corrected chi connectivity index (χ4v) is 3.42. The van der Waals surface area contributed by atoms with Crippen molar-refractivity contribution in [3.63, 3.8) is 0 Å². The molecule has 0 spiro atoms. The van der Waals surface area contributed by atoms with Gasteiger partial charge in [-0.2, -0.15) is 0 Å². The van der Waals surface area contributed by atoms with Crippen molar-refractivity contribution in [2.45, 2.75) is 52.0 Å². The maximum atomic E-state index is 11.5. The highest BCUT2D eigenvalue weighted by Crippen LogP contribution is 2.34. The van der Waals surface area contributed by atoms with Crippen molar-refractivity contribution in [3.05, 3.63) is 10.2 Å². The van der Waals surface area contributed by atoms with E-state index in [4.69, 9.17) is 19.0 Å². The molecule has 0 bridgehead atoms. The van der Waals surface area contributed by atoms with Gasteiger partial charge in [0.1, 0.15) is 25.0 Å². The summed E-state index contributed by atoms with van der Waals surface area (Å²) in [7, 11) is 0. The van der Waals surface area contributed by atoms with Crippen molar-refractivity contribution < 1.29 is 28.6 Å². The molecule has 29 heavy (non-hydrogen) atoms. The summed E-state index contributed by atoms with van der Waals surface area (Å²) >= 11 is 2.01. The SMILES string of the molecule is CCCONc1nc(I)nc2c1ncn2[C@H]1C[C@@H](OC(C)=O)[C@@H](COC(C)=O)O1. The largest absolute Gasteiger partial charge is 0.463 e. The number of imidazole rings is 1. The van der Waals surface area contributed by atoms with E-state index in [-0.39, 0.29) is 6.61 Å². The number of carbonyl (C=O) groups excluding carboxylic acids is 2. The van der Waals surface area contributed by atoms with Gasteiger partial charge in [0.2, 0.25) is 0 Å². The van der Waals surface area contributed by atoms with Gasteiger partial charge in [-0.25, -0.2) is 20.4 Å². The van der Waals surface area contributed by atoms with E-state index >= 15 is 0 Å². The molecular weight excluding hydrogens is 497 g/mol. The number of nitrogens with zero attached hydrogens (tertiary/aromatic N) is 4. The standard InChI is InChI=1S/C17H22IN5O6/c1-4-5-27-22-15-14-16(21-17(18)20-15)23(8-19-14)13-6-11(28-10(3)25)12(29-13)7-26-9(2)24/h8,11-13H,4-7H2,1-3H3,(H,20,21,22)/t11-,12-,13-/m1/s1. The van der Waals surface area contributed by atoms with E-state index in [2.05, 4.69) is 20.4 Å². The first-order chi connectivity index (χ1) is 13.9. The number of nitrogens with one attached hydrogen (secondary N) is 1. The molecule has 1 fully saturated rings. The summed E-state index contributed by atoms with van der Waals surface area (Å²) in [6, 6.07) is 0. The topological polar surface area (TPSA) is 127 Å². The molecule has 3 heterocycles.